The molecule has 430 valence electrons. The van der Waals surface area contributed by atoms with Crippen LogP contribution in [0, 0.1) is 0 Å². The molecule has 0 fully saturated rings. The van der Waals surface area contributed by atoms with E-state index in [0.29, 0.717) is 17.5 Å². The third-order valence-corrected chi connectivity index (χ3v) is 17.9. The maximum atomic E-state index is 5.36. The van der Waals surface area contributed by atoms with Gasteiger partial charge in [0, 0.05) is 49.6 Å². The maximum absolute atomic E-state index is 5.36. The van der Waals surface area contributed by atoms with Crippen LogP contribution >= 0.6 is 0 Å². The molecule has 0 radical (unpaired) electrons. The van der Waals surface area contributed by atoms with Crippen LogP contribution in [0.1, 0.15) is 0 Å². The van der Waals surface area contributed by atoms with Crippen molar-refractivity contribution in [3.63, 3.8) is 0 Å². The van der Waals surface area contributed by atoms with Crippen LogP contribution in [-0.2, 0) is 0 Å². The average Bonchev–Trinajstić information content (AvgIpc) is 1.68. The van der Waals surface area contributed by atoms with Crippen molar-refractivity contribution in [1.29, 1.82) is 0 Å². The molecule has 17 aromatic rings. The Morgan fingerprint density at radius 3 is 0.707 bits per heavy atom. The van der Waals surface area contributed by atoms with E-state index in [1.165, 1.54) is 60.3 Å². The zero-order chi connectivity index (χ0) is 60.9. The van der Waals surface area contributed by atoms with Crippen molar-refractivity contribution in [2.45, 2.75) is 0 Å². The van der Waals surface area contributed by atoms with Crippen LogP contribution in [0.25, 0.3) is 167 Å². The molecule has 0 aliphatic heterocycles. The highest BCUT2D eigenvalue weighted by Crippen LogP contribution is 2.39. The monoisotopic (exact) mass is 1170 g/mol. The van der Waals surface area contributed by atoms with Gasteiger partial charge in [-0.15, -0.1) is 0 Å². The first-order chi connectivity index (χ1) is 45.6. The lowest BCUT2D eigenvalue weighted by molar-refractivity contribution is 1.07. The van der Waals surface area contributed by atoms with Gasteiger partial charge in [0.05, 0.1) is 22.1 Å². The molecule has 3 heterocycles. The van der Waals surface area contributed by atoms with Gasteiger partial charge in [-0.2, -0.15) is 0 Å². The first-order valence-corrected chi connectivity index (χ1v) is 31.3. The molecule has 5 nitrogen and oxygen atoms in total. The Labute approximate surface area is 533 Å². The molecule has 14 aromatic carbocycles. The van der Waals surface area contributed by atoms with Crippen molar-refractivity contribution in [3.8, 4) is 123 Å². The maximum Gasteiger partial charge on any atom is 0.164 e. The fraction of sp³-hybridized carbons (Fsp3) is 0. The van der Waals surface area contributed by atoms with Gasteiger partial charge < -0.3 is 9.13 Å². The van der Waals surface area contributed by atoms with E-state index in [0.717, 1.165) is 89.3 Å². The normalized spacial score (nSPS) is 11.5. The van der Waals surface area contributed by atoms with Gasteiger partial charge in [-0.25, -0.2) is 15.0 Å². The van der Waals surface area contributed by atoms with Crippen molar-refractivity contribution in [3.05, 3.63) is 346 Å². The van der Waals surface area contributed by atoms with Gasteiger partial charge in [0.25, 0.3) is 0 Å². The van der Waals surface area contributed by atoms with Crippen LogP contribution in [0.4, 0.5) is 0 Å². The van der Waals surface area contributed by atoms with E-state index in [1.54, 1.807) is 0 Å². The molecule has 0 aliphatic carbocycles. The molecule has 92 heavy (non-hydrogen) atoms. The molecule has 0 unspecified atom stereocenters. The summed E-state index contributed by atoms with van der Waals surface area (Å²) in [6.07, 6.45) is 0. The number of hydrogen-bond donors (Lipinski definition) is 0. The number of benzene rings is 14. The smallest absolute Gasteiger partial charge is 0.164 e. The minimum atomic E-state index is 0.590. The summed E-state index contributed by atoms with van der Waals surface area (Å²) in [6.45, 7) is 0. The zero-order valence-corrected chi connectivity index (χ0v) is 50.1. The predicted molar refractivity (Wildman–Crippen MR) is 383 cm³/mol. The Bertz CT molecular complexity index is 5290. The van der Waals surface area contributed by atoms with Crippen molar-refractivity contribution in [1.82, 2.24) is 24.1 Å². The van der Waals surface area contributed by atoms with Crippen molar-refractivity contribution in [2.75, 3.05) is 0 Å². The van der Waals surface area contributed by atoms with E-state index >= 15 is 0 Å². The largest absolute Gasteiger partial charge is 0.309 e. The predicted octanol–water partition coefficient (Wildman–Crippen LogP) is 22.7. The second kappa shape index (κ2) is 23.0. The second-order valence-electron chi connectivity index (χ2n) is 23.6. The average molecular weight is 1170 g/mol. The first-order valence-electron chi connectivity index (χ1n) is 31.3. The standard InChI is InChI=1S/C87H57N5/c1-2-20-58(21-3-1)61-22-12-24-63(50-61)64-25-13-23-62(51-64)59-46-48-60(49-47-59)85-88-86(73-34-16-30-69(54-73)65-26-14-28-67(52-65)71-32-18-36-75(56-71)91-81-42-8-4-38-77(81)78-39-5-9-43-82(78)91)90-87(89-85)74-35-17-31-70(55-74)66-27-15-29-68(53-66)72-33-19-37-76(57-72)92-83-44-10-6-40-79(83)80-41-7-11-45-84(80)92/h1-57H. The number of rotatable bonds is 12. The van der Waals surface area contributed by atoms with Crippen LogP contribution in [-0.4, -0.2) is 24.1 Å². The molecule has 0 N–H and O–H groups in total. The van der Waals surface area contributed by atoms with Crippen molar-refractivity contribution in [2.24, 2.45) is 0 Å². The summed E-state index contributed by atoms with van der Waals surface area (Å²) in [4.78, 5) is 16.0. The molecular weight excluding hydrogens is 1110 g/mol. The van der Waals surface area contributed by atoms with E-state index in [2.05, 4.69) is 355 Å². The first kappa shape index (κ1) is 53.9. The summed E-state index contributed by atoms with van der Waals surface area (Å²) in [6, 6.07) is 124. The van der Waals surface area contributed by atoms with Crippen molar-refractivity contribution >= 4 is 43.6 Å². The molecule has 0 saturated heterocycles. The number of hydrogen-bond acceptors (Lipinski definition) is 3. The van der Waals surface area contributed by atoms with Gasteiger partial charge in [-0.1, -0.05) is 261 Å². The summed E-state index contributed by atoms with van der Waals surface area (Å²) in [7, 11) is 0. The Balaban J connectivity index is 0.726. The summed E-state index contributed by atoms with van der Waals surface area (Å²) < 4.78 is 4.75. The number of fused-ring (bicyclic) bond motifs is 6. The van der Waals surface area contributed by atoms with Gasteiger partial charge in [-0.05, 0) is 163 Å². The van der Waals surface area contributed by atoms with Crippen LogP contribution in [0.15, 0.2) is 346 Å². The van der Waals surface area contributed by atoms with Gasteiger partial charge in [0.1, 0.15) is 0 Å². The third kappa shape index (κ3) is 10.0. The molecule has 0 bridgehead atoms. The number of nitrogens with zero attached hydrogens (tertiary/aromatic N) is 5. The summed E-state index contributed by atoms with van der Waals surface area (Å²) in [5.41, 5.74) is 25.5. The zero-order valence-electron chi connectivity index (χ0n) is 50.1. The van der Waals surface area contributed by atoms with Crippen LogP contribution in [0.2, 0.25) is 0 Å². The van der Waals surface area contributed by atoms with Gasteiger partial charge >= 0.3 is 0 Å². The molecule has 0 aliphatic rings. The van der Waals surface area contributed by atoms with Crippen LogP contribution < -0.4 is 0 Å². The Hall–Kier alpha value is -12.3. The summed E-state index contributed by atoms with van der Waals surface area (Å²) >= 11 is 0. The summed E-state index contributed by atoms with van der Waals surface area (Å²) in [5.74, 6) is 1.77. The molecule has 3 aromatic heterocycles. The molecule has 5 heteroatoms. The SMILES string of the molecule is c1ccc(-c2cccc(-c3cccc(-c4ccc(-c5nc(-c6cccc(-c7cccc(-c8cccc(-n9c%10ccccc%10c%10ccccc%109)c8)c7)c6)nc(-c6cccc(-c7cccc(-c8cccc(-n9c%10ccccc%10c%10ccccc%109)c8)c7)c6)n5)cc4)c3)c2)cc1. The van der Waals surface area contributed by atoms with E-state index in [-0.39, 0.29) is 0 Å². The summed E-state index contributed by atoms with van der Waals surface area (Å²) in [5, 5.41) is 4.98. The van der Waals surface area contributed by atoms with E-state index in [4.69, 9.17) is 15.0 Å². The lowest BCUT2D eigenvalue weighted by atomic mass is 9.96. The highest BCUT2D eigenvalue weighted by molar-refractivity contribution is 6.10. The Morgan fingerprint density at radius 2 is 0.370 bits per heavy atom. The van der Waals surface area contributed by atoms with Gasteiger partial charge in [0.2, 0.25) is 0 Å². The molecular formula is C87H57N5. The highest BCUT2D eigenvalue weighted by atomic mass is 15.0. The molecule has 0 amide bonds. The molecule has 0 saturated carbocycles. The Morgan fingerprint density at radius 1 is 0.152 bits per heavy atom. The second-order valence-corrected chi connectivity index (χ2v) is 23.6. The van der Waals surface area contributed by atoms with E-state index in [1.807, 2.05) is 0 Å². The minimum Gasteiger partial charge on any atom is -0.309 e. The topological polar surface area (TPSA) is 48.5 Å². The van der Waals surface area contributed by atoms with Crippen molar-refractivity contribution < 1.29 is 0 Å². The lowest BCUT2D eigenvalue weighted by Crippen LogP contribution is -2.00. The molecule has 17 rings (SSSR count). The van der Waals surface area contributed by atoms with E-state index in [9.17, 15) is 0 Å². The molecule has 0 atom stereocenters. The molecule has 0 spiro atoms. The van der Waals surface area contributed by atoms with Crippen LogP contribution in [0.3, 0.4) is 0 Å². The van der Waals surface area contributed by atoms with Gasteiger partial charge in [-0.3, -0.25) is 0 Å². The van der Waals surface area contributed by atoms with Gasteiger partial charge in [0.15, 0.2) is 17.5 Å². The lowest BCUT2D eigenvalue weighted by Gasteiger charge is -2.13. The van der Waals surface area contributed by atoms with Crippen LogP contribution in [0.5, 0.6) is 0 Å². The minimum absolute atomic E-state index is 0.590. The highest BCUT2D eigenvalue weighted by Gasteiger charge is 2.18. The number of para-hydroxylation sites is 4. The fourth-order valence-corrected chi connectivity index (χ4v) is 13.4. The third-order valence-electron chi connectivity index (χ3n) is 17.9. The Kier molecular flexibility index (Phi) is 13.5. The quantitative estimate of drug-likeness (QED) is 0.122. The fourth-order valence-electron chi connectivity index (χ4n) is 13.4. The number of aromatic nitrogens is 5. The van der Waals surface area contributed by atoms with E-state index < -0.39 is 0 Å².